The van der Waals surface area contributed by atoms with E-state index in [1.165, 1.54) is 5.56 Å². The van der Waals surface area contributed by atoms with E-state index < -0.39 is 0 Å². The van der Waals surface area contributed by atoms with E-state index in [0.29, 0.717) is 5.92 Å². The minimum absolute atomic E-state index is 0.451. The first-order valence-electron chi connectivity index (χ1n) is 7.34. The zero-order chi connectivity index (χ0) is 15.1. The van der Waals surface area contributed by atoms with E-state index in [4.69, 9.17) is 0 Å². The molecule has 2 aromatic rings. The Morgan fingerprint density at radius 1 is 1.24 bits per heavy atom. The van der Waals surface area contributed by atoms with Crippen LogP contribution in [0.1, 0.15) is 31.5 Å². The zero-order valence-electron chi connectivity index (χ0n) is 12.9. The number of nitrogens with zero attached hydrogens (tertiary/aromatic N) is 3. The van der Waals surface area contributed by atoms with Crippen molar-refractivity contribution in [2.75, 3.05) is 5.32 Å². The highest BCUT2D eigenvalue weighted by molar-refractivity contribution is 5.72. The van der Waals surface area contributed by atoms with Crippen molar-refractivity contribution in [2.45, 2.75) is 33.7 Å². The van der Waals surface area contributed by atoms with Crippen LogP contribution in [0.15, 0.2) is 41.7 Å². The summed E-state index contributed by atoms with van der Waals surface area (Å²) in [5.41, 5.74) is 2.93. The van der Waals surface area contributed by atoms with Crippen molar-refractivity contribution in [1.29, 1.82) is 0 Å². The molecule has 0 amide bonds. The molecular weight excluding hydrogens is 260 g/mol. The fourth-order valence-corrected chi connectivity index (χ4v) is 1.84. The van der Waals surface area contributed by atoms with Crippen molar-refractivity contribution in [1.82, 2.24) is 9.97 Å². The minimum atomic E-state index is 0.451. The minimum Gasteiger partial charge on any atom is -0.364 e. The lowest BCUT2D eigenvalue weighted by atomic mass is 10.1. The first-order chi connectivity index (χ1) is 10.2. The molecule has 4 nitrogen and oxygen atoms in total. The normalized spacial score (nSPS) is 12.5. The number of aryl methyl sites for hydroxylation is 1. The fourth-order valence-electron chi connectivity index (χ4n) is 1.84. The van der Waals surface area contributed by atoms with Crippen LogP contribution < -0.4 is 5.32 Å². The van der Waals surface area contributed by atoms with Gasteiger partial charge in [0.05, 0.1) is 5.69 Å². The van der Waals surface area contributed by atoms with Crippen molar-refractivity contribution < 1.29 is 0 Å². The standard InChI is InChI=1S/C17H22N4/c1-4-13(2)10-18-16-14(3)20-12-21-17(16)19-11-15-8-6-5-7-9-15/h5-10,12-13H,4,11H2,1-3H3,(H,19,20,21). The zero-order valence-corrected chi connectivity index (χ0v) is 12.9. The molecule has 21 heavy (non-hydrogen) atoms. The van der Waals surface area contributed by atoms with Crippen LogP contribution >= 0.6 is 0 Å². The lowest BCUT2D eigenvalue weighted by molar-refractivity contribution is 0.754. The summed E-state index contributed by atoms with van der Waals surface area (Å²) < 4.78 is 0. The lowest BCUT2D eigenvalue weighted by Crippen LogP contribution is -2.03. The Labute approximate surface area is 126 Å². The van der Waals surface area contributed by atoms with E-state index in [-0.39, 0.29) is 0 Å². The molecule has 0 radical (unpaired) electrons. The van der Waals surface area contributed by atoms with Gasteiger partial charge in [-0.15, -0.1) is 0 Å². The molecule has 0 fully saturated rings. The van der Waals surface area contributed by atoms with Gasteiger partial charge in [0, 0.05) is 12.8 Å². The molecule has 1 heterocycles. The third-order valence-electron chi connectivity index (χ3n) is 3.41. The van der Waals surface area contributed by atoms with Crippen LogP contribution in [-0.4, -0.2) is 16.2 Å². The average molecular weight is 282 g/mol. The molecular formula is C17H22N4. The topological polar surface area (TPSA) is 50.2 Å². The highest BCUT2D eigenvalue weighted by Crippen LogP contribution is 2.25. The van der Waals surface area contributed by atoms with Gasteiger partial charge in [0.1, 0.15) is 12.0 Å². The number of aliphatic imine (C=N–C) groups is 1. The molecule has 0 aliphatic rings. The maximum absolute atomic E-state index is 4.58. The van der Waals surface area contributed by atoms with Gasteiger partial charge in [-0.25, -0.2) is 9.97 Å². The van der Waals surface area contributed by atoms with E-state index in [1.54, 1.807) is 6.33 Å². The van der Waals surface area contributed by atoms with E-state index in [0.717, 1.165) is 30.2 Å². The maximum Gasteiger partial charge on any atom is 0.155 e. The molecule has 0 saturated heterocycles. The number of rotatable bonds is 6. The Hall–Kier alpha value is -2.23. The number of hydrogen-bond donors (Lipinski definition) is 1. The van der Waals surface area contributed by atoms with Crippen LogP contribution in [0.4, 0.5) is 11.5 Å². The van der Waals surface area contributed by atoms with Gasteiger partial charge in [0.2, 0.25) is 0 Å². The summed E-state index contributed by atoms with van der Waals surface area (Å²) in [6, 6.07) is 10.3. The van der Waals surface area contributed by atoms with Gasteiger partial charge in [-0.3, -0.25) is 4.99 Å². The van der Waals surface area contributed by atoms with Gasteiger partial charge in [-0.1, -0.05) is 44.2 Å². The Morgan fingerprint density at radius 3 is 2.71 bits per heavy atom. The molecule has 2 rings (SSSR count). The predicted molar refractivity (Wildman–Crippen MR) is 88.1 cm³/mol. The fraction of sp³-hybridized carbons (Fsp3) is 0.353. The highest BCUT2D eigenvalue weighted by atomic mass is 15.0. The molecule has 0 bridgehead atoms. The largest absolute Gasteiger partial charge is 0.364 e. The van der Waals surface area contributed by atoms with Gasteiger partial charge < -0.3 is 5.32 Å². The third kappa shape index (κ3) is 4.38. The second-order valence-electron chi connectivity index (χ2n) is 5.16. The molecule has 1 atom stereocenters. The molecule has 1 N–H and O–H groups in total. The molecule has 1 aromatic heterocycles. The van der Waals surface area contributed by atoms with Crippen LogP contribution in [0.2, 0.25) is 0 Å². The molecule has 4 heteroatoms. The van der Waals surface area contributed by atoms with Crippen molar-refractivity contribution in [3.05, 3.63) is 47.9 Å². The van der Waals surface area contributed by atoms with Crippen LogP contribution in [0.3, 0.4) is 0 Å². The van der Waals surface area contributed by atoms with E-state index in [2.05, 4.69) is 46.3 Å². The van der Waals surface area contributed by atoms with Crippen LogP contribution in [0, 0.1) is 12.8 Å². The smallest absolute Gasteiger partial charge is 0.155 e. The van der Waals surface area contributed by atoms with E-state index in [1.807, 2.05) is 31.3 Å². The van der Waals surface area contributed by atoms with E-state index in [9.17, 15) is 0 Å². The second-order valence-corrected chi connectivity index (χ2v) is 5.16. The summed E-state index contributed by atoms with van der Waals surface area (Å²) in [6.45, 7) is 6.99. The SMILES string of the molecule is CCC(C)C=Nc1c(C)ncnc1NCc1ccccc1. The lowest BCUT2D eigenvalue weighted by Gasteiger charge is -2.10. The summed E-state index contributed by atoms with van der Waals surface area (Å²) in [4.78, 5) is 13.1. The molecule has 0 spiro atoms. The third-order valence-corrected chi connectivity index (χ3v) is 3.41. The maximum atomic E-state index is 4.58. The monoisotopic (exact) mass is 282 g/mol. The Morgan fingerprint density at radius 2 is 2.00 bits per heavy atom. The molecule has 0 saturated carbocycles. The van der Waals surface area contributed by atoms with Crippen molar-refractivity contribution in [3.8, 4) is 0 Å². The van der Waals surface area contributed by atoms with Crippen molar-refractivity contribution in [2.24, 2.45) is 10.9 Å². The second kappa shape index (κ2) is 7.53. The number of benzene rings is 1. The van der Waals surface area contributed by atoms with Gasteiger partial charge in [0.25, 0.3) is 0 Å². The average Bonchev–Trinajstić information content (AvgIpc) is 2.52. The van der Waals surface area contributed by atoms with E-state index >= 15 is 0 Å². The molecule has 0 aliphatic heterocycles. The summed E-state index contributed by atoms with van der Waals surface area (Å²) in [5.74, 6) is 1.23. The number of nitrogens with one attached hydrogen (secondary N) is 1. The Bertz CT molecular complexity index is 593. The molecule has 0 aliphatic carbocycles. The number of anilines is 1. The summed E-state index contributed by atoms with van der Waals surface area (Å²) in [6.07, 6.45) is 4.62. The predicted octanol–water partition coefficient (Wildman–Crippen LogP) is 4.15. The van der Waals surface area contributed by atoms with Crippen molar-refractivity contribution >= 4 is 17.7 Å². The first kappa shape index (κ1) is 15.2. The number of hydrogen-bond acceptors (Lipinski definition) is 4. The van der Waals surface area contributed by atoms with Crippen LogP contribution in [-0.2, 0) is 6.54 Å². The molecule has 110 valence electrons. The molecule has 1 aromatic carbocycles. The van der Waals surface area contributed by atoms with Gasteiger partial charge in [0.15, 0.2) is 5.82 Å². The number of aromatic nitrogens is 2. The van der Waals surface area contributed by atoms with Gasteiger partial charge >= 0.3 is 0 Å². The van der Waals surface area contributed by atoms with Gasteiger partial charge in [-0.2, -0.15) is 0 Å². The Balaban J connectivity index is 2.15. The molecule has 1 unspecified atom stereocenters. The summed E-state index contributed by atoms with van der Waals surface area (Å²) in [5, 5.41) is 3.35. The first-order valence-corrected chi connectivity index (χ1v) is 7.34. The van der Waals surface area contributed by atoms with Gasteiger partial charge in [-0.05, 0) is 24.8 Å². The summed E-state index contributed by atoms with van der Waals surface area (Å²) in [7, 11) is 0. The summed E-state index contributed by atoms with van der Waals surface area (Å²) >= 11 is 0. The van der Waals surface area contributed by atoms with Crippen LogP contribution in [0.25, 0.3) is 0 Å². The highest BCUT2D eigenvalue weighted by Gasteiger charge is 2.07. The van der Waals surface area contributed by atoms with Crippen LogP contribution in [0.5, 0.6) is 0 Å². The van der Waals surface area contributed by atoms with Crippen molar-refractivity contribution in [3.63, 3.8) is 0 Å². The Kier molecular flexibility index (Phi) is 5.43. The quantitative estimate of drug-likeness (QED) is 0.810.